The number of pyridine rings is 1. The number of nitrogens with one attached hydrogen (secondary N) is 1. The van der Waals surface area contributed by atoms with Gasteiger partial charge in [0.15, 0.2) is 11.5 Å². The summed E-state index contributed by atoms with van der Waals surface area (Å²) in [4.78, 5) is 4.33. The van der Waals surface area contributed by atoms with Crippen molar-refractivity contribution in [3.63, 3.8) is 0 Å². The van der Waals surface area contributed by atoms with Gasteiger partial charge in [-0.2, -0.15) is 0 Å². The lowest BCUT2D eigenvalue weighted by Gasteiger charge is -1.91. The lowest BCUT2D eigenvalue weighted by Crippen LogP contribution is -2.06. The van der Waals surface area contributed by atoms with Gasteiger partial charge in [0.25, 0.3) is 0 Å². The van der Waals surface area contributed by atoms with Crippen molar-refractivity contribution >= 4 is 5.65 Å². The molecule has 13 heavy (non-hydrogen) atoms. The highest BCUT2D eigenvalue weighted by Gasteiger charge is 2.00. The van der Waals surface area contributed by atoms with Crippen molar-refractivity contribution in [1.82, 2.24) is 19.9 Å². The van der Waals surface area contributed by atoms with E-state index in [9.17, 15) is 0 Å². The van der Waals surface area contributed by atoms with Crippen molar-refractivity contribution in [2.45, 2.75) is 13.5 Å². The molecule has 2 rings (SSSR count). The molecule has 0 saturated carbocycles. The molecule has 0 fully saturated rings. The normalized spacial score (nSPS) is 10.9. The minimum atomic E-state index is 0.709. The molecule has 0 amide bonds. The molecule has 1 N–H and O–H groups in total. The van der Waals surface area contributed by atoms with E-state index in [2.05, 4.69) is 15.4 Å². The fourth-order valence-electron chi connectivity index (χ4n) is 1.26. The zero-order valence-electron chi connectivity index (χ0n) is 7.78. The van der Waals surface area contributed by atoms with E-state index in [0.717, 1.165) is 11.5 Å². The SMILES string of the molecule is CNCc1nc2ccc(C)cn2n1. The van der Waals surface area contributed by atoms with Crippen LogP contribution in [0, 0.1) is 6.92 Å². The van der Waals surface area contributed by atoms with E-state index < -0.39 is 0 Å². The van der Waals surface area contributed by atoms with Crippen molar-refractivity contribution in [2.24, 2.45) is 0 Å². The first kappa shape index (κ1) is 8.19. The molecule has 0 saturated heterocycles. The van der Waals surface area contributed by atoms with Gasteiger partial charge in [-0.1, -0.05) is 6.07 Å². The van der Waals surface area contributed by atoms with Crippen LogP contribution in [0.5, 0.6) is 0 Å². The zero-order chi connectivity index (χ0) is 9.26. The van der Waals surface area contributed by atoms with Gasteiger partial charge >= 0.3 is 0 Å². The van der Waals surface area contributed by atoms with Crippen LogP contribution in [0.3, 0.4) is 0 Å². The summed E-state index contributed by atoms with van der Waals surface area (Å²) in [7, 11) is 1.89. The van der Waals surface area contributed by atoms with Crippen LogP contribution >= 0.6 is 0 Å². The molecular weight excluding hydrogens is 164 g/mol. The van der Waals surface area contributed by atoms with E-state index in [0.29, 0.717) is 6.54 Å². The van der Waals surface area contributed by atoms with Gasteiger partial charge < -0.3 is 5.32 Å². The molecule has 0 aliphatic heterocycles. The van der Waals surface area contributed by atoms with Gasteiger partial charge in [-0.15, -0.1) is 5.10 Å². The van der Waals surface area contributed by atoms with Crippen LogP contribution in [-0.4, -0.2) is 21.6 Å². The Morgan fingerprint density at radius 2 is 2.31 bits per heavy atom. The molecule has 0 bridgehead atoms. The Morgan fingerprint density at radius 1 is 1.46 bits per heavy atom. The quantitative estimate of drug-likeness (QED) is 0.734. The van der Waals surface area contributed by atoms with Crippen molar-refractivity contribution < 1.29 is 0 Å². The zero-order valence-corrected chi connectivity index (χ0v) is 7.78. The highest BCUT2D eigenvalue weighted by Crippen LogP contribution is 2.03. The summed E-state index contributed by atoms with van der Waals surface area (Å²) in [5.41, 5.74) is 2.09. The lowest BCUT2D eigenvalue weighted by atomic mass is 10.3. The van der Waals surface area contributed by atoms with E-state index in [1.165, 1.54) is 5.56 Å². The van der Waals surface area contributed by atoms with Crippen LogP contribution in [0.4, 0.5) is 0 Å². The Balaban J connectivity index is 2.49. The molecule has 0 radical (unpaired) electrons. The highest BCUT2D eigenvalue weighted by atomic mass is 15.3. The standard InChI is InChI=1S/C9H12N4/c1-7-3-4-9-11-8(5-10-2)12-13(9)6-7/h3-4,6,10H,5H2,1-2H3. The molecule has 2 aromatic rings. The Morgan fingerprint density at radius 3 is 3.08 bits per heavy atom. The van der Waals surface area contributed by atoms with Gasteiger partial charge in [-0.25, -0.2) is 9.50 Å². The predicted molar refractivity (Wildman–Crippen MR) is 50.5 cm³/mol. The van der Waals surface area contributed by atoms with Gasteiger partial charge in [0.2, 0.25) is 0 Å². The second-order valence-corrected chi connectivity index (χ2v) is 3.07. The van der Waals surface area contributed by atoms with E-state index >= 15 is 0 Å². The van der Waals surface area contributed by atoms with Crippen LogP contribution in [0.2, 0.25) is 0 Å². The van der Waals surface area contributed by atoms with Crippen LogP contribution in [0.25, 0.3) is 5.65 Å². The van der Waals surface area contributed by atoms with Gasteiger partial charge in [-0.3, -0.25) is 0 Å². The molecule has 0 aliphatic carbocycles. The first-order valence-corrected chi connectivity index (χ1v) is 4.26. The molecule has 0 spiro atoms. The first-order valence-electron chi connectivity index (χ1n) is 4.26. The minimum absolute atomic E-state index is 0.709. The topological polar surface area (TPSA) is 42.2 Å². The number of hydrogen-bond donors (Lipinski definition) is 1. The summed E-state index contributed by atoms with van der Waals surface area (Å²) in [6.07, 6.45) is 1.97. The number of fused-ring (bicyclic) bond motifs is 1. The average molecular weight is 176 g/mol. The highest BCUT2D eigenvalue weighted by molar-refractivity contribution is 5.38. The van der Waals surface area contributed by atoms with E-state index in [-0.39, 0.29) is 0 Å². The maximum Gasteiger partial charge on any atom is 0.165 e. The average Bonchev–Trinajstić information content (AvgIpc) is 2.46. The van der Waals surface area contributed by atoms with E-state index in [4.69, 9.17) is 0 Å². The third kappa shape index (κ3) is 1.53. The molecule has 0 aliphatic rings. The maximum absolute atomic E-state index is 4.33. The van der Waals surface area contributed by atoms with Gasteiger partial charge in [0, 0.05) is 6.20 Å². The van der Waals surface area contributed by atoms with Crippen LogP contribution in [0.1, 0.15) is 11.4 Å². The Bertz CT molecular complexity index is 418. The van der Waals surface area contributed by atoms with Gasteiger partial charge in [0.05, 0.1) is 6.54 Å². The van der Waals surface area contributed by atoms with Gasteiger partial charge in [-0.05, 0) is 25.6 Å². The first-order chi connectivity index (χ1) is 6.29. The fraction of sp³-hybridized carbons (Fsp3) is 0.333. The van der Waals surface area contributed by atoms with Crippen molar-refractivity contribution in [2.75, 3.05) is 7.05 Å². The molecular formula is C9H12N4. The Hall–Kier alpha value is -1.42. The Kier molecular flexibility index (Phi) is 1.98. The molecule has 2 aromatic heterocycles. The predicted octanol–water partition coefficient (Wildman–Crippen LogP) is 0.757. The molecule has 68 valence electrons. The smallest absolute Gasteiger partial charge is 0.165 e. The third-order valence-corrected chi connectivity index (χ3v) is 1.86. The number of aryl methyl sites for hydroxylation is 1. The monoisotopic (exact) mass is 176 g/mol. The van der Waals surface area contributed by atoms with Crippen molar-refractivity contribution in [3.8, 4) is 0 Å². The summed E-state index contributed by atoms with van der Waals surface area (Å²) in [6, 6.07) is 4.01. The molecule has 0 unspecified atom stereocenters. The maximum atomic E-state index is 4.33. The lowest BCUT2D eigenvalue weighted by molar-refractivity contribution is 0.752. The van der Waals surface area contributed by atoms with E-state index in [1.54, 1.807) is 0 Å². The van der Waals surface area contributed by atoms with Crippen LogP contribution in [-0.2, 0) is 6.54 Å². The minimum Gasteiger partial charge on any atom is -0.313 e. The third-order valence-electron chi connectivity index (χ3n) is 1.86. The summed E-state index contributed by atoms with van der Waals surface area (Å²) in [6.45, 7) is 2.75. The number of aromatic nitrogens is 3. The molecule has 4 nitrogen and oxygen atoms in total. The Labute approximate surface area is 76.6 Å². The molecule has 0 aromatic carbocycles. The van der Waals surface area contributed by atoms with Crippen molar-refractivity contribution in [3.05, 3.63) is 29.7 Å². The van der Waals surface area contributed by atoms with Gasteiger partial charge in [0.1, 0.15) is 0 Å². The second-order valence-electron chi connectivity index (χ2n) is 3.07. The van der Waals surface area contributed by atoms with Crippen molar-refractivity contribution in [1.29, 1.82) is 0 Å². The molecule has 4 heteroatoms. The summed E-state index contributed by atoms with van der Waals surface area (Å²) >= 11 is 0. The number of nitrogens with zero attached hydrogens (tertiary/aromatic N) is 3. The fourth-order valence-corrected chi connectivity index (χ4v) is 1.26. The molecule has 0 atom stereocenters. The number of hydrogen-bond acceptors (Lipinski definition) is 3. The summed E-state index contributed by atoms with van der Waals surface area (Å²) < 4.78 is 1.81. The largest absolute Gasteiger partial charge is 0.313 e. The summed E-state index contributed by atoms with van der Waals surface area (Å²) in [5, 5.41) is 7.33. The number of rotatable bonds is 2. The van der Waals surface area contributed by atoms with Crippen LogP contribution in [0.15, 0.2) is 18.3 Å². The van der Waals surface area contributed by atoms with E-state index in [1.807, 2.05) is 36.8 Å². The summed E-state index contributed by atoms with van der Waals surface area (Å²) in [5.74, 6) is 0.827. The van der Waals surface area contributed by atoms with Crippen LogP contribution < -0.4 is 5.32 Å². The molecule has 2 heterocycles. The second kappa shape index (κ2) is 3.14.